The molecule has 0 aromatic heterocycles. The first kappa shape index (κ1) is 8.21. The van der Waals surface area contributed by atoms with Crippen molar-refractivity contribution >= 4 is 11.0 Å². The molecule has 2 nitrogen and oxygen atoms in total. The molecule has 1 aliphatic heterocycles. The Morgan fingerprint density at radius 2 is 2.10 bits per heavy atom. The summed E-state index contributed by atoms with van der Waals surface area (Å²) in [6.07, 6.45) is 1.05. The standard InChI is InChI=1S/C7H15NOS/c1-7(2,3)6-4-5-10(9)8-6/h6,8H,4-5H2,1-3H3. The van der Waals surface area contributed by atoms with Crippen LogP contribution in [0.4, 0.5) is 0 Å². The van der Waals surface area contributed by atoms with Crippen molar-refractivity contribution in [1.82, 2.24) is 4.72 Å². The van der Waals surface area contributed by atoms with E-state index in [0.29, 0.717) is 6.04 Å². The van der Waals surface area contributed by atoms with E-state index in [1.165, 1.54) is 0 Å². The van der Waals surface area contributed by atoms with Crippen molar-refractivity contribution in [3.8, 4) is 0 Å². The van der Waals surface area contributed by atoms with Crippen LogP contribution in [-0.2, 0) is 11.0 Å². The summed E-state index contributed by atoms with van der Waals surface area (Å²) in [5, 5.41) is 0. The molecule has 0 spiro atoms. The maximum atomic E-state index is 10.9. The summed E-state index contributed by atoms with van der Waals surface area (Å²) < 4.78 is 14.0. The maximum Gasteiger partial charge on any atom is 0.0918 e. The quantitative estimate of drug-likeness (QED) is 0.565. The second-order valence-electron chi connectivity index (χ2n) is 3.87. The van der Waals surface area contributed by atoms with E-state index in [-0.39, 0.29) is 5.41 Å². The molecule has 1 saturated heterocycles. The first-order valence-electron chi connectivity index (χ1n) is 3.65. The zero-order chi connectivity index (χ0) is 7.78. The molecule has 0 amide bonds. The van der Waals surface area contributed by atoms with Crippen LogP contribution in [0.15, 0.2) is 0 Å². The molecule has 3 heteroatoms. The third-order valence-electron chi connectivity index (χ3n) is 1.91. The van der Waals surface area contributed by atoms with E-state index in [4.69, 9.17) is 0 Å². The van der Waals surface area contributed by atoms with Gasteiger partial charge in [-0.3, -0.25) is 0 Å². The van der Waals surface area contributed by atoms with E-state index in [1.807, 2.05) is 0 Å². The monoisotopic (exact) mass is 161 g/mol. The van der Waals surface area contributed by atoms with Gasteiger partial charge in [0, 0.05) is 11.8 Å². The van der Waals surface area contributed by atoms with Crippen LogP contribution in [0, 0.1) is 5.41 Å². The van der Waals surface area contributed by atoms with Gasteiger partial charge in [-0.15, -0.1) is 0 Å². The molecule has 10 heavy (non-hydrogen) atoms. The average molecular weight is 161 g/mol. The van der Waals surface area contributed by atoms with E-state index < -0.39 is 11.0 Å². The minimum Gasteiger partial charge on any atom is -0.243 e. The van der Waals surface area contributed by atoms with Gasteiger partial charge < -0.3 is 0 Å². The lowest BCUT2D eigenvalue weighted by Gasteiger charge is -2.25. The fourth-order valence-corrected chi connectivity index (χ4v) is 2.47. The minimum absolute atomic E-state index is 0.256. The van der Waals surface area contributed by atoms with Crippen LogP contribution in [0.25, 0.3) is 0 Å². The molecule has 1 N–H and O–H groups in total. The summed E-state index contributed by atoms with van der Waals surface area (Å²) in [6.45, 7) is 6.52. The third kappa shape index (κ3) is 1.80. The average Bonchev–Trinajstić information content (AvgIpc) is 2.11. The van der Waals surface area contributed by atoms with Gasteiger partial charge in [0.15, 0.2) is 0 Å². The highest BCUT2D eigenvalue weighted by Gasteiger charge is 2.30. The van der Waals surface area contributed by atoms with Gasteiger partial charge in [0.05, 0.1) is 11.0 Å². The zero-order valence-corrected chi connectivity index (χ0v) is 7.62. The first-order valence-corrected chi connectivity index (χ1v) is 4.96. The molecule has 0 bridgehead atoms. The van der Waals surface area contributed by atoms with Gasteiger partial charge >= 0.3 is 0 Å². The van der Waals surface area contributed by atoms with E-state index in [1.54, 1.807) is 0 Å². The van der Waals surface area contributed by atoms with E-state index >= 15 is 0 Å². The number of rotatable bonds is 0. The van der Waals surface area contributed by atoms with Gasteiger partial charge in [-0.2, -0.15) is 0 Å². The summed E-state index contributed by atoms with van der Waals surface area (Å²) in [5.74, 6) is 0.821. The van der Waals surface area contributed by atoms with Gasteiger partial charge in [-0.05, 0) is 11.8 Å². The Balaban J connectivity index is 2.53. The van der Waals surface area contributed by atoms with Crippen LogP contribution >= 0.6 is 0 Å². The van der Waals surface area contributed by atoms with Gasteiger partial charge in [-0.1, -0.05) is 20.8 Å². The van der Waals surface area contributed by atoms with Crippen molar-refractivity contribution in [2.75, 3.05) is 5.75 Å². The predicted molar refractivity (Wildman–Crippen MR) is 44.0 cm³/mol. The lowest BCUT2D eigenvalue weighted by molar-refractivity contribution is 0.307. The predicted octanol–water partition coefficient (Wildman–Crippen LogP) is 1.06. The van der Waals surface area contributed by atoms with Crippen LogP contribution in [0.3, 0.4) is 0 Å². The normalized spacial score (nSPS) is 34.7. The SMILES string of the molecule is CC(C)(C)C1CCS(=O)N1. The smallest absolute Gasteiger partial charge is 0.0918 e. The Kier molecular flexibility index (Phi) is 2.15. The van der Waals surface area contributed by atoms with Crippen LogP contribution in [0.5, 0.6) is 0 Å². The minimum atomic E-state index is -0.749. The van der Waals surface area contributed by atoms with Crippen LogP contribution < -0.4 is 4.72 Å². The number of hydrogen-bond acceptors (Lipinski definition) is 1. The van der Waals surface area contributed by atoms with Crippen molar-refractivity contribution in [2.45, 2.75) is 33.2 Å². The molecular weight excluding hydrogens is 146 g/mol. The van der Waals surface area contributed by atoms with Gasteiger partial charge in [-0.25, -0.2) is 8.93 Å². The fraction of sp³-hybridized carbons (Fsp3) is 1.00. The fourth-order valence-electron chi connectivity index (χ4n) is 1.11. The van der Waals surface area contributed by atoms with E-state index in [0.717, 1.165) is 12.2 Å². The third-order valence-corrected chi connectivity index (χ3v) is 3.06. The molecule has 2 atom stereocenters. The topological polar surface area (TPSA) is 29.1 Å². The first-order chi connectivity index (χ1) is 4.50. The number of hydrogen-bond donors (Lipinski definition) is 1. The summed E-state index contributed by atoms with van der Waals surface area (Å²) >= 11 is 0. The Morgan fingerprint density at radius 3 is 2.30 bits per heavy atom. The molecule has 0 radical (unpaired) electrons. The van der Waals surface area contributed by atoms with Crippen LogP contribution in [-0.4, -0.2) is 16.0 Å². The molecule has 1 aliphatic rings. The zero-order valence-electron chi connectivity index (χ0n) is 6.81. The second kappa shape index (κ2) is 2.62. The van der Waals surface area contributed by atoms with Crippen molar-refractivity contribution < 1.29 is 4.21 Å². The largest absolute Gasteiger partial charge is 0.243 e. The molecule has 0 aliphatic carbocycles. The molecule has 0 saturated carbocycles. The lowest BCUT2D eigenvalue weighted by atomic mass is 9.86. The molecule has 2 unspecified atom stereocenters. The van der Waals surface area contributed by atoms with Gasteiger partial charge in [0.1, 0.15) is 0 Å². The lowest BCUT2D eigenvalue weighted by Crippen LogP contribution is -2.34. The van der Waals surface area contributed by atoms with E-state index in [9.17, 15) is 4.21 Å². The molecule has 0 aromatic carbocycles. The Labute approximate surface area is 65.0 Å². The Morgan fingerprint density at radius 1 is 1.50 bits per heavy atom. The number of nitrogens with one attached hydrogen (secondary N) is 1. The van der Waals surface area contributed by atoms with Crippen molar-refractivity contribution in [1.29, 1.82) is 0 Å². The summed E-state index contributed by atoms with van der Waals surface area (Å²) in [6, 6.07) is 0.438. The summed E-state index contributed by atoms with van der Waals surface area (Å²) in [4.78, 5) is 0. The summed E-state index contributed by atoms with van der Waals surface area (Å²) in [7, 11) is -0.749. The van der Waals surface area contributed by atoms with Gasteiger partial charge in [0.25, 0.3) is 0 Å². The van der Waals surface area contributed by atoms with E-state index in [2.05, 4.69) is 25.5 Å². The highest BCUT2D eigenvalue weighted by atomic mass is 32.2. The molecule has 1 heterocycles. The van der Waals surface area contributed by atoms with Crippen molar-refractivity contribution in [3.05, 3.63) is 0 Å². The summed E-state index contributed by atoms with van der Waals surface area (Å²) in [5.41, 5.74) is 0.256. The highest BCUT2D eigenvalue weighted by molar-refractivity contribution is 7.83. The molecule has 1 fully saturated rings. The molecule has 1 rings (SSSR count). The molecular formula is C7H15NOS. The Hall–Kier alpha value is 0.110. The van der Waals surface area contributed by atoms with Crippen LogP contribution in [0.1, 0.15) is 27.2 Å². The molecule has 60 valence electrons. The van der Waals surface area contributed by atoms with Crippen molar-refractivity contribution in [2.24, 2.45) is 5.41 Å². The van der Waals surface area contributed by atoms with Crippen LogP contribution in [0.2, 0.25) is 0 Å². The second-order valence-corrected chi connectivity index (χ2v) is 5.21. The highest BCUT2D eigenvalue weighted by Crippen LogP contribution is 2.25. The Bertz CT molecular complexity index is 150. The maximum absolute atomic E-state index is 10.9. The molecule has 0 aromatic rings. The van der Waals surface area contributed by atoms with Gasteiger partial charge in [0.2, 0.25) is 0 Å². The van der Waals surface area contributed by atoms with Crippen molar-refractivity contribution in [3.63, 3.8) is 0 Å².